The summed E-state index contributed by atoms with van der Waals surface area (Å²) < 4.78 is 0. The Hall–Kier alpha value is -1.88. The van der Waals surface area contributed by atoms with E-state index in [1.54, 1.807) is 6.07 Å². The van der Waals surface area contributed by atoms with E-state index in [9.17, 15) is 14.7 Å². The minimum atomic E-state index is -1.53. The van der Waals surface area contributed by atoms with Gasteiger partial charge in [0.05, 0.1) is 24.6 Å². The second kappa shape index (κ2) is 6.48. The van der Waals surface area contributed by atoms with E-state index in [1.807, 2.05) is 32.0 Å². The molecule has 2 amide bonds. The van der Waals surface area contributed by atoms with Gasteiger partial charge in [-0.15, -0.1) is 11.3 Å². The number of carbonyl (C=O) groups excluding carboxylic acids is 2. The fourth-order valence-corrected chi connectivity index (χ4v) is 2.72. The average molecular weight is 321 g/mol. The van der Waals surface area contributed by atoms with Crippen molar-refractivity contribution in [3.8, 4) is 11.8 Å². The van der Waals surface area contributed by atoms with E-state index in [0.29, 0.717) is 11.5 Å². The first kappa shape index (κ1) is 16.5. The molecule has 0 radical (unpaired) electrons. The van der Waals surface area contributed by atoms with Crippen LogP contribution in [0, 0.1) is 18.8 Å². The van der Waals surface area contributed by atoms with Crippen LogP contribution in [0.5, 0.6) is 0 Å². The first-order valence-corrected chi connectivity index (χ1v) is 7.64. The number of thiophene rings is 1. The Kier molecular flexibility index (Phi) is 4.86. The van der Waals surface area contributed by atoms with Crippen molar-refractivity contribution >= 4 is 28.2 Å². The molecule has 6 nitrogen and oxygen atoms in total. The Morgan fingerprint density at radius 1 is 1.45 bits per heavy atom. The summed E-state index contributed by atoms with van der Waals surface area (Å²) in [4.78, 5) is 28.1. The van der Waals surface area contributed by atoms with Gasteiger partial charge in [0.25, 0.3) is 11.8 Å². The molecule has 0 unspecified atom stereocenters. The lowest BCUT2D eigenvalue weighted by atomic mass is 9.93. The van der Waals surface area contributed by atoms with Crippen LogP contribution >= 0.6 is 11.3 Å². The summed E-state index contributed by atoms with van der Waals surface area (Å²) in [6.07, 6.45) is 0. The third-order valence-corrected chi connectivity index (χ3v) is 4.10. The lowest BCUT2D eigenvalue weighted by molar-refractivity contribution is -0.161. The molecule has 2 heterocycles. The van der Waals surface area contributed by atoms with E-state index in [4.69, 9.17) is 0 Å². The highest BCUT2D eigenvalue weighted by molar-refractivity contribution is 7.16. The molecule has 2 N–H and O–H groups in total. The smallest absolute Gasteiger partial charge is 0.298 e. The quantitative estimate of drug-likeness (QED) is 0.777. The van der Waals surface area contributed by atoms with Crippen molar-refractivity contribution in [3.05, 3.63) is 17.0 Å². The van der Waals surface area contributed by atoms with Gasteiger partial charge in [-0.25, -0.2) is 0 Å². The van der Waals surface area contributed by atoms with Gasteiger partial charge in [-0.1, -0.05) is 5.92 Å². The van der Waals surface area contributed by atoms with Crippen LogP contribution in [0.4, 0.5) is 5.00 Å². The highest BCUT2D eigenvalue weighted by Crippen LogP contribution is 2.26. The molecule has 0 spiro atoms. The monoisotopic (exact) mass is 321 g/mol. The van der Waals surface area contributed by atoms with E-state index in [1.165, 1.54) is 16.2 Å². The number of rotatable bonds is 3. The van der Waals surface area contributed by atoms with Crippen LogP contribution in [0.2, 0.25) is 0 Å². The molecule has 0 saturated carbocycles. The van der Waals surface area contributed by atoms with Crippen molar-refractivity contribution in [2.45, 2.75) is 12.5 Å². The number of nitrogens with zero attached hydrogens (tertiary/aromatic N) is 2. The number of amides is 2. The number of aliphatic hydroxyl groups is 1. The van der Waals surface area contributed by atoms with Crippen LogP contribution in [0.3, 0.4) is 0 Å². The Bertz CT molecular complexity index is 636. The van der Waals surface area contributed by atoms with Crippen molar-refractivity contribution in [2.75, 3.05) is 39.0 Å². The van der Waals surface area contributed by atoms with Crippen molar-refractivity contribution < 1.29 is 14.7 Å². The maximum Gasteiger partial charge on any atom is 0.298 e. The van der Waals surface area contributed by atoms with E-state index in [0.717, 1.165) is 4.88 Å². The van der Waals surface area contributed by atoms with Gasteiger partial charge in [0, 0.05) is 4.88 Å². The average Bonchev–Trinajstić information content (AvgIpc) is 2.79. The zero-order valence-corrected chi connectivity index (χ0v) is 13.7. The summed E-state index contributed by atoms with van der Waals surface area (Å²) in [5.74, 6) is 4.38. The van der Waals surface area contributed by atoms with Crippen LogP contribution in [0.1, 0.15) is 4.88 Å². The molecule has 1 aromatic heterocycles. The third kappa shape index (κ3) is 3.85. The number of nitrogens with one attached hydrogen (secondary N) is 1. The number of hydrogen-bond acceptors (Lipinski definition) is 5. The minimum absolute atomic E-state index is 0.0291. The van der Waals surface area contributed by atoms with E-state index < -0.39 is 11.5 Å². The number of likely N-dealkylation sites (tertiary alicyclic amines) is 1. The molecule has 0 aromatic carbocycles. The molecule has 2 rings (SSSR count). The van der Waals surface area contributed by atoms with Crippen LogP contribution < -0.4 is 5.32 Å². The maximum atomic E-state index is 12.1. The Morgan fingerprint density at radius 3 is 2.68 bits per heavy atom. The first-order valence-electron chi connectivity index (χ1n) is 6.83. The summed E-state index contributed by atoms with van der Waals surface area (Å²) in [5, 5.41) is 13.6. The fourth-order valence-electron chi connectivity index (χ4n) is 1.95. The van der Waals surface area contributed by atoms with Gasteiger partial charge in [-0.2, -0.15) is 0 Å². The molecule has 118 valence electrons. The van der Waals surface area contributed by atoms with Gasteiger partial charge >= 0.3 is 0 Å². The number of aryl methyl sites for hydroxylation is 1. The number of hydrogen-bond donors (Lipinski definition) is 2. The fraction of sp³-hybridized carbons (Fsp3) is 0.467. The summed E-state index contributed by atoms with van der Waals surface area (Å²) in [5.41, 5.74) is -1.53. The summed E-state index contributed by atoms with van der Waals surface area (Å²) in [7, 11) is 3.72. The zero-order chi connectivity index (χ0) is 16.3. The highest BCUT2D eigenvalue weighted by Gasteiger charge is 2.49. The molecule has 1 aliphatic rings. The molecule has 1 saturated heterocycles. The predicted molar refractivity (Wildman–Crippen MR) is 85.5 cm³/mol. The van der Waals surface area contributed by atoms with Crippen LogP contribution in [0.15, 0.2) is 12.1 Å². The van der Waals surface area contributed by atoms with Gasteiger partial charge in [-0.3, -0.25) is 14.5 Å². The number of β-amino-alcohol motifs (C(OH)–C–C–N with tert-alkyl or cyclic N) is 1. The standard InChI is InChI=1S/C15H19N3O3S/c1-11-6-7-12(22-11)16-14(20)15(21)9-18(10-15)13(19)5-4-8-17(2)3/h6-7,21H,8-10H2,1-3H3,(H,16,20). The zero-order valence-electron chi connectivity index (χ0n) is 12.8. The second-order valence-corrected chi connectivity index (χ2v) is 6.88. The highest BCUT2D eigenvalue weighted by atomic mass is 32.1. The molecule has 0 atom stereocenters. The summed E-state index contributed by atoms with van der Waals surface area (Å²) in [6.45, 7) is 2.37. The van der Waals surface area contributed by atoms with Crippen molar-refractivity contribution in [2.24, 2.45) is 0 Å². The molecular formula is C15H19N3O3S. The van der Waals surface area contributed by atoms with Crippen molar-refractivity contribution in [1.82, 2.24) is 9.80 Å². The largest absolute Gasteiger partial charge is 0.377 e. The Labute approximate surface area is 133 Å². The molecule has 22 heavy (non-hydrogen) atoms. The first-order chi connectivity index (χ1) is 10.3. The van der Waals surface area contributed by atoms with Gasteiger partial charge in [0.1, 0.15) is 0 Å². The molecule has 0 bridgehead atoms. The van der Waals surface area contributed by atoms with Gasteiger partial charge in [0.15, 0.2) is 5.60 Å². The van der Waals surface area contributed by atoms with E-state index in [2.05, 4.69) is 17.2 Å². The predicted octanol–water partition coefficient (Wildman–Crippen LogP) is 0.133. The van der Waals surface area contributed by atoms with Crippen molar-refractivity contribution in [1.29, 1.82) is 0 Å². The molecule has 1 aromatic rings. The van der Waals surface area contributed by atoms with Crippen LogP contribution in [-0.4, -0.2) is 66.1 Å². The number of carbonyl (C=O) groups is 2. The normalized spacial score (nSPS) is 15.8. The van der Waals surface area contributed by atoms with E-state index >= 15 is 0 Å². The SMILES string of the molecule is Cc1ccc(NC(=O)C2(O)CN(C(=O)C#CCN(C)C)C2)s1. The second-order valence-electron chi connectivity index (χ2n) is 5.60. The van der Waals surface area contributed by atoms with Gasteiger partial charge in [-0.05, 0) is 39.1 Å². The Balaban J connectivity index is 1.86. The lowest BCUT2D eigenvalue weighted by Crippen LogP contribution is -2.68. The van der Waals surface area contributed by atoms with Gasteiger partial charge in [0.2, 0.25) is 0 Å². The Morgan fingerprint density at radius 2 is 2.14 bits per heavy atom. The van der Waals surface area contributed by atoms with E-state index in [-0.39, 0.29) is 19.0 Å². The van der Waals surface area contributed by atoms with Crippen LogP contribution in [0.25, 0.3) is 0 Å². The molecule has 1 aliphatic heterocycles. The maximum absolute atomic E-state index is 12.1. The topological polar surface area (TPSA) is 72.9 Å². The lowest BCUT2D eigenvalue weighted by Gasteiger charge is -2.43. The van der Waals surface area contributed by atoms with Crippen LogP contribution in [-0.2, 0) is 9.59 Å². The molecule has 0 aliphatic carbocycles. The summed E-state index contributed by atoms with van der Waals surface area (Å²) >= 11 is 1.44. The molecule has 1 fully saturated rings. The molecular weight excluding hydrogens is 302 g/mol. The minimum Gasteiger partial charge on any atom is -0.377 e. The molecule has 7 heteroatoms. The van der Waals surface area contributed by atoms with Gasteiger partial charge < -0.3 is 15.3 Å². The summed E-state index contributed by atoms with van der Waals surface area (Å²) in [6, 6.07) is 3.68. The third-order valence-electron chi connectivity index (χ3n) is 3.18. The van der Waals surface area contributed by atoms with Crippen molar-refractivity contribution in [3.63, 3.8) is 0 Å². The number of anilines is 1.